The second-order valence-electron chi connectivity index (χ2n) is 9.65. The monoisotopic (exact) mass is 519 g/mol. The third-order valence-corrected chi connectivity index (χ3v) is 11.0. The standard InChI is InChI=1S/C24H26ClN3O6S/c25-17-3-1-16(2-4-17)13-26-20(30)18-5-6-19-22(32)27(11-12-28(19)21(18)31)14-23(7-8-23)35(33,34)24(15-29)9-10-24/h1-6,29H,7-15H2,(H,26,30). The van der Waals surface area contributed by atoms with Crippen LogP contribution in [0.25, 0.3) is 0 Å². The van der Waals surface area contributed by atoms with Crippen LogP contribution in [0.1, 0.15) is 52.1 Å². The first kappa shape index (κ1) is 24.0. The quantitative estimate of drug-likeness (QED) is 0.542. The Morgan fingerprint density at radius 1 is 1.00 bits per heavy atom. The van der Waals surface area contributed by atoms with Gasteiger partial charge in [-0.3, -0.25) is 14.4 Å². The number of hydrogen-bond donors (Lipinski definition) is 2. The fraction of sp³-hybridized carbons (Fsp3) is 0.458. The highest BCUT2D eigenvalue weighted by Crippen LogP contribution is 2.56. The molecular formula is C24H26ClN3O6S. The summed E-state index contributed by atoms with van der Waals surface area (Å²) in [6.07, 6.45) is 1.81. The average Bonchev–Trinajstić information content (AvgIpc) is 3.76. The number of benzene rings is 1. The van der Waals surface area contributed by atoms with Crippen LogP contribution in [0.2, 0.25) is 5.02 Å². The number of aliphatic hydroxyl groups excluding tert-OH is 1. The van der Waals surface area contributed by atoms with E-state index in [4.69, 9.17) is 11.6 Å². The molecule has 0 radical (unpaired) electrons. The van der Waals surface area contributed by atoms with Gasteiger partial charge in [-0.25, -0.2) is 8.42 Å². The van der Waals surface area contributed by atoms with E-state index in [1.807, 2.05) is 0 Å². The van der Waals surface area contributed by atoms with Gasteiger partial charge in [0.15, 0.2) is 9.84 Å². The smallest absolute Gasteiger partial charge is 0.270 e. The number of rotatable bonds is 8. The Kier molecular flexibility index (Phi) is 5.81. The number of aliphatic hydroxyl groups is 1. The molecule has 0 spiro atoms. The molecule has 2 N–H and O–H groups in total. The molecule has 1 aromatic heterocycles. The van der Waals surface area contributed by atoms with Crippen LogP contribution in [0, 0.1) is 0 Å². The predicted molar refractivity (Wildman–Crippen MR) is 129 cm³/mol. The first-order valence-corrected chi connectivity index (χ1v) is 13.4. The zero-order valence-electron chi connectivity index (χ0n) is 19.0. The number of hydrogen-bond acceptors (Lipinski definition) is 6. The predicted octanol–water partition coefficient (Wildman–Crippen LogP) is 1.36. The van der Waals surface area contributed by atoms with Crippen LogP contribution in [-0.2, 0) is 22.9 Å². The van der Waals surface area contributed by atoms with E-state index in [0.717, 1.165) is 5.56 Å². The lowest BCUT2D eigenvalue weighted by molar-refractivity contribution is 0.0694. The van der Waals surface area contributed by atoms with Crippen LogP contribution in [0.3, 0.4) is 0 Å². The summed E-state index contributed by atoms with van der Waals surface area (Å²) in [5.41, 5.74) is 0.329. The van der Waals surface area contributed by atoms with Crippen LogP contribution < -0.4 is 10.9 Å². The number of pyridine rings is 1. The lowest BCUT2D eigenvalue weighted by atomic mass is 10.1. The van der Waals surface area contributed by atoms with E-state index < -0.39 is 43.3 Å². The van der Waals surface area contributed by atoms with Crippen LogP contribution in [0.15, 0.2) is 41.2 Å². The van der Waals surface area contributed by atoms with Crippen molar-refractivity contribution in [1.82, 2.24) is 14.8 Å². The van der Waals surface area contributed by atoms with Gasteiger partial charge in [0.1, 0.15) is 11.3 Å². The second-order valence-corrected chi connectivity index (χ2v) is 12.8. The molecule has 1 aromatic carbocycles. The van der Waals surface area contributed by atoms with Gasteiger partial charge in [-0.1, -0.05) is 23.7 Å². The number of sulfone groups is 1. The first-order valence-electron chi connectivity index (χ1n) is 11.5. The Morgan fingerprint density at radius 2 is 1.66 bits per heavy atom. The van der Waals surface area contributed by atoms with Gasteiger partial charge in [0.2, 0.25) is 0 Å². The van der Waals surface area contributed by atoms with Crippen LogP contribution in [0.5, 0.6) is 0 Å². The molecule has 2 heterocycles. The van der Waals surface area contributed by atoms with Crippen LogP contribution >= 0.6 is 11.6 Å². The third kappa shape index (κ3) is 3.97. The summed E-state index contributed by atoms with van der Waals surface area (Å²) in [7, 11) is -3.60. The summed E-state index contributed by atoms with van der Waals surface area (Å²) in [4.78, 5) is 40.3. The summed E-state index contributed by atoms with van der Waals surface area (Å²) in [5, 5.41) is 12.9. The molecule has 0 atom stereocenters. The largest absolute Gasteiger partial charge is 0.395 e. The van der Waals surface area contributed by atoms with Crippen molar-refractivity contribution in [2.75, 3.05) is 19.7 Å². The van der Waals surface area contributed by atoms with E-state index >= 15 is 0 Å². The van der Waals surface area contributed by atoms with E-state index in [1.165, 1.54) is 21.6 Å². The SMILES string of the molecule is O=C(NCc1ccc(Cl)cc1)c1ccc2n(c1=O)CCN(CC1(S(=O)(=O)C3(CO)CC3)CC1)C2=O. The van der Waals surface area contributed by atoms with Crippen molar-refractivity contribution in [3.05, 3.63) is 68.6 Å². The molecule has 11 heteroatoms. The number of aromatic nitrogens is 1. The molecule has 2 saturated carbocycles. The van der Waals surface area contributed by atoms with Crippen molar-refractivity contribution >= 4 is 33.3 Å². The minimum absolute atomic E-state index is 0.0490. The van der Waals surface area contributed by atoms with E-state index in [9.17, 15) is 27.9 Å². The molecule has 0 unspecified atom stereocenters. The molecule has 1 aliphatic heterocycles. The van der Waals surface area contributed by atoms with Gasteiger partial charge in [-0.2, -0.15) is 0 Å². The Labute approximate surface area is 207 Å². The molecule has 2 fully saturated rings. The maximum atomic E-state index is 13.2. The van der Waals surface area contributed by atoms with Gasteiger partial charge in [0.05, 0.1) is 16.1 Å². The lowest BCUT2D eigenvalue weighted by Gasteiger charge is -2.33. The maximum absolute atomic E-state index is 13.2. The van der Waals surface area contributed by atoms with E-state index in [-0.39, 0.29) is 37.4 Å². The molecule has 186 valence electrons. The van der Waals surface area contributed by atoms with Gasteiger partial charge >= 0.3 is 0 Å². The molecule has 0 bridgehead atoms. The summed E-state index contributed by atoms with van der Waals surface area (Å²) in [6.45, 7) is 0.208. The highest BCUT2D eigenvalue weighted by Gasteiger charge is 2.67. The van der Waals surface area contributed by atoms with Crippen LogP contribution in [-0.4, -0.2) is 64.0 Å². The van der Waals surface area contributed by atoms with Gasteiger partial charge in [-0.05, 0) is 55.5 Å². The van der Waals surface area contributed by atoms with Crippen molar-refractivity contribution in [2.45, 2.75) is 48.3 Å². The number of amides is 2. The fourth-order valence-electron chi connectivity index (χ4n) is 4.78. The van der Waals surface area contributed by atoms with E-state index in [2.05, 4.69) is 5.32 Å². The Balaban J connectivity index is 1.31. The van der Waals surface area contributed by atoms with Crippen molar-refractivity contribution < 1.29 is 23.1 Å². The molecule has 2 aliphatic carbocycles. The van der Waals surface area contributed by atoms with Crippen molar-refractivity contribution in [3.8, 4) is 0 Å². The average molecular weight is 520 g/mol. The zero-order chi connectivity index (χ0) is 25.0. The number of nitrogens with one attached hydrogen (secondary N) is 1. The molecule has 2 aromatic rings. The molecule has 0 saturated heterocycles. The Morgan fingerprint density at radius 3 is 2.26 bits per heavy atom. The highest BCUT2D eigenvalue weighted by atomic mass is 35.5. The van der Waals surface area contributed by atoms with Crippen molar-refractivity contribution in [2.24, 2.45) is 0 Å². The Hall–Kier alpha value is -2.69. The zero-order valence-corrected chi connectivity index (χ0v) is 20.6. The molecular weight excluding hydrogens is 494 g/mol. The van der Waals surface area contributed by atoms with Gasteiger partial charge in [0, 0.05) is 31.2 Å². The van der Waals surface area contributed by atoms with E-state index in [0.29, 0.717) is 30.7 Å². The summed E-state index contributed by atoms with van der Waals surface area (Å²) >= 11 is 5.87. The minimum Gasteiger partial charge on any atom is -0.395 e. The maximum Gasteiger partial charge on any atom is 0.270 e. The van der Waals surface area contributed by atoms with Crippen LogP contribution in [0.4, 0.5) is 0 Å². The topological polar surface area (TPSA) is 126 Å². The second kappa shape index (κ2) is 8.46. The van der Waals surface area contributed by atoms with Gasteiger partial charge < -0.3 is 19.9 Å². The molecule has 3 aliphatic rings. The summed E-state index contributed by atoms with van der Waals surface area (Å²) < 4.78 is 25.6. The summed E-state index contributed by atoms with van der Waals surface area (Å²) in [5.74, 6) is -0.978. The molecule has 35 heavy (non-hydrogen) atoms. The Bertz CT molecular complexity index is 1360. The lowest BCUT2D eigenvalue weighted by Crippen LogP contribution is -2.51. The number of fused-ring (bicyclic) bond motifs is 1. The number of carbonyl (C=O) groups excluding carboxylic acids is 2. The van der Waals surface area contributed by atoms with E-state index in [1.54, 1.807) is 24.3 Å². The normalized spacial score (nSPS) is 19.7. The first-order chi connectivity index (χ1) is 16.6. The van der Waals surface area contributed by atoms with Crippen molar-refractivity contribution in [1.29, 1.82) is 0 Å². The third-order valence-electron chi connectivity index (χ3n) is 7.41. The number of carbonyl (C=O) groups is 2. The number of halogens is 1. The van der Waals surface area contributed by atoms with Gasteiger partial charge in [0.25, 0.3) is 17.4 Å². The summed E-state index contributed by atoms with van der Waals surface area (Å²) in [6, 6.07) is 9.74. The minimum atomic E-state index is -3.60. The fourth-order valence-corrected chi connectivity index (χ4v) is 7.60. The van der Waals surface area contributed by atoms with Gasteiger partial charge in [-0.15, -0.1) is 0 Å². The molecule has 9 nitrogen and oxygen atoms in total. The highest BCUT2D eigenvalue weighted by molar-refractivity contribution is 7.94. The van der Waals surface area contributed by atoms with Crippen molar-refractivity contribution in [3.63, 3.8) is 0 Å². The molecule has 2 amide bonds. The molecule has 5 rings (SSSR count). The number of nitrogens with zero attached hydrogens (tertiary/aromatic N) is 2.